The first-order valence-electron chi connectivity index (χ1n) is 6.02. The van der Waals surface area contributed by atoms with Gasteiger partial charge in [0.2, 0.25) is 0 Å². The summed E-state index contributed by atoms with van der Waals surface area (Å²) in [4.78, 5) is 3.58. The Kier molecular flexibility index (Phi) is 5.45. The van der Waals surface area contributed by atoms with Crippen LogP contribution in [0.2, 0.25) is 0 Å². The van der Waals surface area contributed by atoms with E-state index in [9.17, 15) is 0 Å². The number of thiophene rings is 1. The van der Waals surface area contributed by atoms with Crippen LogP contribution in [-0.4, -0.2) is 13.6 Å². The lowest BCUT2D eigenvalue weighted by Gasteiger charge is -2.20. The summed E-state index contributed by atoms with van der Waals surface area (Å²) < 4.78 is 2.27. The van der Waals surface area contributed by atoms with Gasteiger partial charge in [-0.3, -0.25) is 0 Å². The van der Waals surface area contributed by atoms with Crippen LogP contribution in [0.5, 0.6) is 0 Å². The molecule has 0 bridgehead atoms. The van der Waals surface area contributed by atoms with E-state index < -0.39 is 0 Å². The van der Waals surface area contributed by atoms with Gasteiger partial charge in [0.05, 0.1) is 12.2 Å². The van der Waals surface area contributed by atoms with Gasteiger partial charge in [0.25, 0.3) is 0 Å². The minimum atomic E-state index is 0.685. The molecule has 2 N–H and O–H groups in total. The standard InChI is InChI=1S/C14H16Br2N2S/c1-18(8-12-7-11(15)9-19-12)14-3-2-10(4-5-17)6-13(14)16/h2-3,6-7,9H,4-5,8,17H2,1H3. The molecule has 2 rings (SSSR count). The third kappa shape index (κ3) is 4.05. The summed E-state index contributed by atoms with van der Waals surface area (Å²) >= 11 is 8.91. The van der Waals surface area contributed by atoms with Crippen molar-refractivity contribution < 1.29 is 0 Å². The SMILES string of the molecule is CN(Cc1cc(Br)cs1)c1ccc(CCN)cc1Br. The van der Waals surface area contributed by atoms with Gasteiger partial charge in [-0.1, -0.05) is 6.07 Å². The topological polar surface area (TPSA) is 29.3 Å². The zero-order chi connectivity index (χ0) is 13.8. The second-order valence-corrected chi connectivity index (χ2v) is 7.18. The predicted molar refractivity (Wildman–Crippen MR) is 91.0 cm³/mol. The number of hydrogen-bond donors (Lipinski definition) is 1. The molecule has 0 fully saturated rings. The van der Waals surface area contributed by atoms with Crippen LogP contribution in [0.1, 0.15) is 10.4 Å². The number of benzene rings is 1. The molecule has 0 amide bonds. The molecular formula is C14H16Br2N2S. The molecule has 0 unspecified atom stereocenters. The maximum Gasteiger partial charge on any atom is 0.0520 e. The third-order valence-electron chi connectivity index (χ3n) is 2.87. The fraction of sp³-hybridized carbons (Fsp3) is 0.286. The fourth-order valence-corrected chi connectivity index (χ4v) is 4.17. The molecule has 0 atom stereocenters. The first-order valence-corrected chi connectivity index (χ1v) is 8.49. The normalized spacial score (nSPS) is 10.7. The van der Waals surface area contributed by atoms with Crippen molar-refractivity contribution in [1.29, 1.82) is 0 Å². The van der Waals surface area contributed by atoms with Crippen LogP contribution in [0.25, 0.3) is 0 Å². The Morgan fingerprint density at radius 1 is 1.26 bits per heavy atom. The van der Waals surface area contributed by atoms with E-state index in [1.807, 2.05) is 0 Å². The molecule has 0 aliphatic rings. The lowest BCUT2D eigenvalue weighted by molar-refractivity contribution is 0.929. The molecule has 2 nitrogen and oxygen atoms in total. The highest BCUT2D eigenvalue weighted by molar-refractivity contribution is 9.10. The Morgan fingerprint density at radius 2 is 2.05 bits per heavy atom. The van der Waals surface area contributed by atoms with Crippen LogP contribution >= 0.6 is 43.2 Å². The van der Waals surface area contributed by atoms with Gasteiger partial charge < -0.3 is 10.6 Å². The van der Waals surface area contributed by atoms with Crippen LogP contribution in [0.4, 0.5) is 5.69 Å². The van der Waals surface area contributed by atoms with Crippen molar-refractivity contribution in [1.82, 2.24) is 0 Å². The molecular weight excluding hydrogens is 388 g/mol. The van der Waals surface area contributed by atoms with Crippen molar-refractivity contribution in [3.8, 4) is 0 Å². The summed E-state index contributed by atoms with van der Waals surface area (Å²) in [6.07, 6.45) is 0.917. The van der Waals surface area contributed by atoms with Crippen molar-refractivity contribution in [2.45, 2.75) is 13.0 Å². The first-order chi connectivity index (χ1) is 9.10. The number of rotatable bonds is 5. The van der Waals surface area contributed by atoms with E-state index in [-0.39, 0.29) is 0 Å². The van der Waals surface area contributed by atoms with Crippen LogP contribution in [0.15, 0.2) is 38.6 Å². The van der Waals surface area contributed by atoms with Crippen molar-refractivity contribution in [3.63, 3.8) is 0 Å². The van der Waals surface area contributed by atoms with Crippen molar-refractivity contribution in [2.24, 2.45) is 5.73 Å². The Bertz CT molecular complexity index is 554. The largest absolute Gasteiger partial charge is 0.369 e. The highest BCUT2D eigenvalue weighted by Gasteiger charge is 2.08. The van der Waals surface area contributed by atoms with E-state index in [2.05, 4.69) is 73.5 Å². The van der Waals surface area contributed by atoms with Gasteiger partial charge in [0.15, 0.2) is 0 Å². The smallest absolute Gasteiger partial charge is 0.0520 e. The van der Waals surface area contributed by atoms with E-state index in [4.69, 9.17) is 5.73 Å². The molecule has 5 heteroatoms. The average Bonchev–Trinajstić information content (AvgIpc) is 2.75. The maximum atomic E-state index is 5.58. The third-order valence-corrected chi connectivity index (χ3v) is 5.19. The number of anilines is 1. The van der Waals surface area contributed by atoms with Crippen molar-refractivity contribution in [3.05, 3.63) is 49.0 Å². The zero-order valence-electron chi connectivity index (χ0n) is 10.7. The van der Waals surface area contributed by atoms with Gasteiger partial charge in [-0.2, -0.15) is 0 Å². The molecule has 0 spiro atoms. The summed E-state index contributed by atoms with van der Waals surface area (Å²) in [6.45, 7) is 1.59. The molecule has 102 valence electrons. The Labute approximate surface area is 134 Å². The molecule has 1 heterocycles. The van der Waals surface area contributed by atoms with Gasteiger partial charge in [-0.05, 0) is 68.6 Å². The average molecular weight is 404 g/mol. The lowest BCUT2D eigenvalue weighted by Crippen LogP contribution is -2.16. The summed E-state index contributed by atoms with van der Waals surface area (Å²) in [5.74, 6) is 0. The second kappa shape index (κ2) is 6.88. The fourth-order valence-electron chi connectivity index (χ4n) is 1.94. The van der Waals surface area contributed by atoms with Crippen molar-refractivity contribution in [2.75, 3.05) is 18.5 Å². The van der Waals surface area contributed by atoms with Crippen LogP contribution in [-0.2, 0) is 13.0 Å². The van der Waals surface area contributed by atoms with Crippen LogP contribution in [0.3, 0.4) is 0 Å². The van der Waals surface area contributed by atoms with Gasteiger partial charge in [-0.15, -0.1) is 11.3 Å². The van der Waals surface area contributed by atoms with Crippen molar-refractivity contribution >= 4 is 48.9 Å². The molecule has 1 aromatic heterocycles. The monoisotopic (exact) mass is 402 g/mol. The van der Waals surface area contributed by atoms with E-state index in [1.165, 1.54) is 16.1 Å². The first kappa shape index (κ1) is 15.0. The van der Waals surface area contributed by atoms with Crippen LogP contribution < -0.4 is 10.6 Å². The summed E-state index contributed by atoms with van der Waals surface area (Å²) in [7, 11) is 2.11. The lowest BCUT2D eigenvalue weighted by atomic mass is 10.1. The van der Waals surface area contributed by atoms with E-state index in [1.54, 1.807) is 11.3 Å². The Hall–Kier alpha value is -0.360. The summed E-state index contributed by atoms with van der Waals surface area (Å²) in [5.41, 5.74) is 8.05. The zero-order valence-corrected chi connectivity index (χ0v) is 14.7. The summed E-state index contributed by atoms with van der Waals surface area (Å²) in [5, 5.41) is 2.11. The van der Waals surface area contributed by atoms with E-state index >= 15 is 0 Å². The molecule has 19 heavy (non-hydrogen) atoms. The molecule has 0 radical (unpaired) electrons. The second-order valence-electron chi connectivity index (χ2n) is 4.41. The number of nitrogens with zero attached hydrogens (tertiary/aromatic N) is 1. The minimum Gasteiger partial charge on any atom is -0.369 e. The maximum absolute atomic E-state index is 5.58. The van der Waals surface area contributed by atoms with E-state index in [0.717, 1.165) is 21.9 Å². The highest BCUT2D eigenvalue weighted by Crippen LogP contribution is 2.29. The Morgan fingerprint density at radius 3 is 2.63 bits per heavy atom. The molecule has 0 aliphatic carbocycles. The quantitative estimate of drug-likeness (QED) is 0.800. The highest BCUT2D eigenvalue weighted by atomic mass is 79.9. The van der Waals surface area contributed by atoms with Gasteiger partial charge in [0.1, 0.15) is 0 Å². The molecule has 0 aliphatic heterocycles. The predicted octanol–water partition coefficient (Wildman–Crippen LogP) is 4.41. The number of hydrogen-bond acceptors (Lipinski definition) is 3. The van der Waals surface area contributed by atoms with Gasteiger partial charge in [0, 0.05) is 26.3 Å². The Balaban J connectivity index is 2.12. The summed E-state index contributed by atoms with van der Waals surface area (Å²) in [6, 6.07) is 8.62. The van der Waals surface area contributed by atoms with Crippen LogP contribution in [0, 0.1) is 0 Å². The molecule has 1 aromatic carbocycles. The van der Waals surface area contributed by atoms with Gasteiger partial charge >= 0.3 is 0 Å². The van der Waals surface area contributed by atoms with E-state index in [0.29, 0.717) is 6.54 Å². The molecule has 0 saturated heterocycles. The number of halogens is 2. The molecule has 2 aromatic rings. The molecule has 0 saturated carbocycles. The number of nitrogens with two attached hydrogens (primary N) is 1. The minimum absolute atomic E-state index is 0.685. The van der Waals surface area contributed by atoms with Gasteiger partial charge in [-0.25, -0.2) is 0 Å².